The van der Waals surface area contributed by atoms with E-state index in [9.17, 15) is 0 Å². The summed E-state index contributed by atoms with van der Waals surface area (Å²) in [5.74, 6) is 0. The molecule has 1 rings (SSSR count). The minimum absolute atomic E-state index is 0.900. The van der Waals surface area contributed by atoms with Gasteiger partial charge in [-0.25, -0.2) is 10.5 Å². The summed E-state index contributed by atoms with van der Waals surface area (Å²) in [4.78, 5) is 4.09. The highest BCUT2D eigenvalue weighted by Gasteiger charge is 2.20. The highest BCUT2D eigenvalue weighted by Crippen LogP contribution is 1.85. The Labute approximate surface area is 69.7 Å². The number of rotatable bonds is 1. The van der Waals surface area contributed by atoms with Gasteiger partial charge in [-0.15, -0.1) is 0 Å². The molecule has 0 fully saturated rings. The summed E-state index contributed by atoms with van der Waals surface area (Å²) < 4.78 is 0.900. The lowest BCUT2D eigenvalue weighted by Gasteiger charge is -1.91. The van der Waals surface area contributed by atoms with E-state index < -0.39 is 14.1 Å². The summed E-state index contributed by atoms with van der Waals surface area (Å²) in [5.41, 5.74) is 0. The maximum atomic E-state index is 8.57. The van der Waals surface area contributed by atoms with Crippen LogP contribution in [0.3, 0.4) is 0 Å². The molecule has 0 atom stereocenters. The van der Waals surface area contributed by atoms with Crippen LogP contribution in [0, 0.1) is 20.4 Å². The molecular formula is C8H5AlN2. The average molecular weight is 156 g/mol. The van der Waals surface area contributed by atoms with Crippen molar-refractivity contribution < 1.29 is 0 Å². The molecule has 0 heterocycles. The maximum Gasteiger partial charge on any atom is 0.600 e. The van der Waals surface area contributed by atoms with Crippen LogP contribution in [0.4, 0.5) is 0 Å². The van der Waals surface area contributed by atoms with E-state index in [1.54, 1.807) is 0 Å². The summed E-state index contributed by atoms with van der Waals surface area (Å²) >= 11 is -1.94. The van der Waals surface area contributed by atoms with Crippen LogP contribution in [0.25, 0.3) is 0 Å². The topological polar surface area (TPSA) is 47.6 Å². The minimum atomic E-state index is -1.94. The van der Waals surface area contributed by atoms with Crippen molar-refractivity contribution in [2.75, 3.05) is 0 Å². The normalized spacial score (nSPS) is 7.82. The van der Waals surface area contributed by atoms with Crippen molar-refractivity contribution in [2.24, 2.45) is 0 Å². The molecule has 0 saturated heterocycles. The summed E-state index contributed by atoms with van der Waals surface area (Å²) in [7, 11) is 0. The Kier molecular flexibility index (Phi) is 2.70. The molecule has 0 N–H and O–H groups in total. The molecule has 1 aromatic rings. The molecule has 0 aliphatic heterocycles. The first-order valence-corrected chi connectivity index (χ1v) is 4.96. The fraction of sp³-hybridized carbons (Fsp3) is 0. The molecule has 0 aliphatic carbocycles. The lowest BCUT2D eigenvalue weighted by atomic mass is 10.4. The second-order valence-corrected chi connectivity index (χ2v) is 4.15. The number of nitrogens with zero attached hydrogens (tertiary/aromatic N) is 2. The molecule has 0 radical (unpaired) electrons. The third-order valence-corrected chi connectivity index (χ3v) is 2.96. The monoisotopic (exact) mass is 156 g/mol. The van der Waals surface area contributed by atoms with Crippen molar-refractivity contribution in [1.82, 2.24) is 0 Å². The second-order valence-electron chi connectivity index (χ2n) is 2.10. The van der Waals surface area contributed by atoms with Gasteiger partial charge in [-0.05, 0) is 9.86 Å². The van der Waals surface area contributed by atoms with Crippen molar-refractivity contribution in [3.8, 4) is 9.86 Å². The quantitative estimate of drug-likeness (QED) is 0.556. The van der Waals surface area contributed by atoms with Crippen LogP contribution >= 0.6 is 0 Å². The summed E-state index contributed by atoms with van der Waals surface area (Å²) in [6.07, 6.45) is 0. The Bertz CT molecular complexity index is 293. The highest BCUT2D eigenvalue weighted by atomic mass is 27.2. The minimum Gasteiger partial charge on any atom is -0.223 e. The van der Waals surface area contributed by atoms with Crippen LogP contribution in [-0.2, 0) is 0 Å². The van der Waals surface area contributed by atoms with E-state index in [1.165, 1.54) is 0 Å². The molecule has 0 amide bonds. The molecule has 2 nitrogen and oxygen atoms in total. The van der Waals surface area contributed by atoms with Gasteiger partial charge in [0.1, 0.15) is 0 Å². The SMILES string of the molecule is N#[C][Al]([C]#N)[c]1ccccc1. The fourth-order valence-electron chi connectivity index (χ4n) is 0.823. The first-order valence-electron chi connectivity index (χ1n) is 3.22. The first kappa shape index (κ1) is 7.84. The molecule has 3 heteroatoms. The number of hydrogen-bond donors (Lipinski definition) is 0. The summed E-state index contributed by atoms with van der Waals surface area (Å²) in [5, 5.41) is 17.1. The molecule has 11 heavy (non-hydrogen) atoms. The van der Waals surface area contributed by atoms with Crippen molar-refractivity contribution in [3.63, 3.8) is 0 Å². The van der Waals surface area contributed by atoms with Gasteiger partial charge in [-0.1, -0.05) is 34.8 Å². The van der Waals surface area contributed by atoms with E-state index in [0.717, 1.165) is 4.43 Å². The van der Waals surface area contributed by atoms with Gasteiger partial charge < -0.3 is 0 Å². The van der Waals surface area contributed by atoms with Crippen molar-refractivity contribution in [2.45, 2.75) is 0 Å². The molecule has 0 saturated carbocycles. The zero-order chi connectivity index (χ0) is 8.10. The predicted molar refractivity (Wildman–Crippen MR) is 43.1 cm³/mol. The van der Waals surface area contributed by atoms with Crippen LogP contribution in [-0.4, -0.2) is 14.1 Å². The summed E-state index contributed by atoms with van der Waals surface area (Å²) in [6.45, 7) is 0. The number of benzene rings is 1. The molecule has 0 aromatic heterocycles. The van der Waals surface area contributed by atoms with E-state index >= 15 is 0 Å². The van der Waals surface area contributed by atoms with Crippen LogP contribution in [0.5, 0.6) is 0 Å². The van der Waals surface area contributed by atoms with Gasteiger partial charge in [-0.3, -0.25) is 0 Å². The average Bonchev–Trinajstić information content (AvgIpc) is 2.09. The van der Waals surface area contributed by atoms with Gasteiger partial charge in [0.2, 0.25) is 0 Å². The van der Waals surface area contributed by atoms with E-state index in [2.05, 4.69) is 0 Å². The van der Waals surface area contributed by atoms with Gasteiger partial charge in [0.15, 0.2) is 0 Å². The van der Waals surface area contributed by atoms with Crippen molar-refractivity contribution in [3.05, 3.63) is 30.3 Å². The molecule has 0 spiro atoms. The molecule has 0 aliphatic rings. The lowest BCUT2D eigenvalue weighted by molar-refractivity contribution is 1.54. The Morgan fingerprint density at radius 2 is 1.55 bits per heavy atom. The second kappa shape index (κ2) is 3.79. The van der Waals surface area contributed by atoms with Crippen LogP contribution < -0.4 is 4.43 Å². The third kappa shape index (κ3) is 1.82. The standard InChI is InChI=1S/C6H5.2CN.Al/c1-2-4-6-5-3-1;2*1-2;/h1-5H;;;. The zero-order valence-corrected chi connectivity index (χ0v) is 7.01. The van der Waals surface area contributed by atoms with Gasteiger partial charge in [0.05, 0.1) is 0 Å². The largest absolute Gasteiger partial charge is 0.600 e. The van der Waals surface area contributed by atoms with Gasteiger partial charge >= 0.3 is 14.1 Å². The Hall–Kier alpha value is -1.27. The van der Waals surface area contributed by atoms with Crippen LogP contribution in [0.1, 0.15) is 0 Å². The first-order chi connectivity index (χ1) is 5.38. The zero-order valence-electron chi connectivity index (χ0n) is 5.86. The molecule has 1 aromatic carbocycles. The molecule has 50 valence electrons. The van der Waals surface area contributed by atoms with Crippen molar-refractivity contribution in [1.29, 1.82) is 10.5 Å². The Morgan fingerprint density at radius 1 is 1.00 bits per heavy atom. The van der Waals surface area contributed by atoms with Gasteiger partial charge in [0.25, 0.3) is 0 Å². The van der Waals surface area contributed by atoms with E-state index in [1.807, 2.05) is 40.2 Å². The van der Waals surface area contributed by atoms with E-state index in [0.29, 0.717) is 0 Å². The highest BCUT2D eigenvalue weighted by molar-refractivity contribution is 6.86. The van der Waals surface area contributed by atoms with Crippen LogP contribution in [0.15, 0.2) is 30.3 Å². The fourth-order valence-corrected chi connectivity index (χ4v) is 1.79. The molecule has 0 unspecified atom stereocenters. The number of hydrogen-bond acceptors (Lipinski definition) is 2. The molecular weight excluding hydrogens is 151 g/mol. The van der Waals surface area contributed by atoms with Gasteiger partial charge in [-0.2, -0.15) is 0 Å². The van der Waals surface area contributed by atoms with E-state index in [-0.39, 0.29) is 0 Å². The Morgan fingerprint density at radius 3 is 2.00 bits per heavy atom. The number of nitriles is 2. The van der Waals surface area contributed by atoms with Crippen molar-refractivity contribution >= 4 is 18.6 Å². The smallest absolute Gasteiger partial charge is 0.223 e. The predicted octanol–water partition coefficient (Wildman–Crippen LogP) is 0.514. The summed E-state index contributed by atoms with van der Waals surface area (Å²) in [6, 6.07) is 9.25. The maximum absolute atomic E-state index is 8.57. The van der Waals surface area contributed by atoms with Gasteiger partial charge in [0, 0.05) is 0 Å². The lowest BCUT2D eigenvalue weighted by Crippen LogP contribution is -2.26. The molecule has 0 bridgehead atoms. The Balaban J connectivity index is 2.96. The third-order valence-electron chi connectivity index (χ3n) is 1.39. The van der Waals surface area contributed by atoms with E-state index in [4.69, 9.17) is 10.5 Å². The van der Waals surface area contributed by atoms with Crippen LogP contribution in [0.2, 0.25) is 0 Å².